The van der Waals surface area contributed by atoms with Crippen molar-refractivity contribution in [3.05, 3.63) is 58.0 Å². The first-order valence-electron chi connectivity index (χ1n) is 9.95. The van der Waals surface area contributed by atoms with Crippen LogP contribution in [0.1, 0.15) is 36.4 Å². The van der Waals surface area contributed by atoms with Crippen molar-refractivity contribution >= 4 is 11.0 Å². The summed E-state index contributed by atoms with van der Waals surface area (Å²) < 4.78 is 53.4. The lowest BCUT2D eigenvalue weighted by molar-refractivity contribution is -0.137. The van der Waals surface area contributed by atoms with Crippen molar-refractivity contribution in [1.29, 1.82) is 0 Å². The van der Waals surface area contributed by atoms with Crippen molar-refractivity contribution in [2.45, 2.75) is 44.1 Å². The van der Waals surface area contributed by atoms with Gasteiger partial charge in [0.15, 0.2) is 11.5 Å². The van der Waals surface area contributed by atoms with Crippen LogP contribution in [-0.4, -0.2) is 34.6 Å². The summed E-state index contributed by atoms with van der Waals surface area (Å²) in [6.07, 6.45) is -3.34. The molecule has 9 heteroatoms. The largest absolute Gasteiger partial charge is 0.493 e. The molecule has 2 atom stereocenters. The molecule has 6 nitrogen and oxygen atoms in total. The van der Waals surface area contributed by atoms with Gasteiger partial charge in [0.05, 0.1) is 49.5 Å². The van der Waals surface area contributed by atoms with Crippen LogP contribution in [0.2, 0.25) is 0 Å². The number of rotatable bonds is 5. The Hall–Kier alpha value is -2.94. The molecule has 1 heterocycles. The summed E-state index contributed by atoms with van der Waals surface area (Å²) in [5, 5.41) is 10.4. The molecule has 2 aromatic carbocycles. The summed E-state index contributed by atoms with van der Waals surface area (Å²) in [5.74, 6) is 0.966. The Morgan fingerprint density at radius 3 is 2.39 bits per heavy atom. The molecule has 1 aromatic heterocycles. The first kappa shape index (κ1) is 21.3. The molecule has 1 fully saturated rings. The quantitative estimate of drug-likeness (QED) is 0.657. The van der Waals surface area contributed by atoms with Gasteiger partial charge in [-0.1, -0.05) is 6.07 Å². The molecule has 1 aliphatic carbocycles. The molecule has 3 aromatic rings. The van der Waals surface area contributed by atoms with E-state index in [1.165, 1.54) is 29.4 Å². The highest BCUT2D eigenvalue weighted by Crippen LogP contribution is 2.35. The van der Waals surface area contributed by atoms with Crippen LogP contribution < -0.4 is 15.2 Å². The summed E-state index contributed by atoms with van der Waals surface area (Å²) in [4.78, 5) is 13.3. The molecule has 31 heavy (non-hydrogen) atoms. The van der Waals surface area contributed by atoms with E-state index in [1.54, 1.807) is 18.2 Å². The molecular weight excluding hydrogens is 413 g/mol. The second-order valence-electron chi connectivity index (χ2n) is 7.69. The summed E-state index contributed by atoms with van der Waals surface area (Å²) in [5.41, 5.74) is -0.0541. The lowest BCUT2D eigenvalue weighted by atomic mass is 10.1. The molecule has 0 aliphatic heterocycles. The van der Waals surface area contributed by atoms with E-state index in [4.69, 9.17) is 9.47 Å². The highest BCUT2D eigenvalue weighted by atomic mass is 19.4. The number of benzene rings is 2. The fourth-order valence-corrected chi connectivity index (χ4v) is 4.31. The molecular formula is C22H23F3N2O4. The summed E-state index contributed by atoms with van der Waals surface area (Å²) >= 11 is 0. The first-order chi connectivity index (χ1) is 14.7. The minimum Gasteiger partial charge on any atom is -0.493 e. The molecule has 1 N–H and O–H groups in total. The number of aliphatic hydroxyl groups excluding tert-OH is 1. The summed E-state index contributed by atoms with van der Waals surface area (Å²) in [7, 11) is 2.98. The van der Waals surface area contributed by atoms with Crippen LogP contribution in [0, 0.1) is 0 Å². The predicted octanol–water partition coefficient (Wildman–Crippen LogP) is 3.97. The minimum atomic E-state index is -4.53. The smallest absolute Gasteiger partial charge is 0.416 e. The number of aliphatic hydroxyl groups is 1. The number of nitrogens with zero attached hydrogens (tertiary/aromatic N) is 2. The van der Waals surface area contributed by atoms with Crippen LogP contribution >= 0.6 is 0 Å². The number of fused-ring (bicyclic) bond motifs is 1. The Kier molecular flexibility index (Phi) is 5.47. The Morgan fingerprint density at radius 1 is 1.03 bits per heavy atom. The number of aromatic nitrogens is 2. The van der Waals surface area contributed by atoms with Gasteiger partial charge in [0.2, 0.25) is 0 Å². The second-order valence-corrected chi connectivity index (χ2v) is 7.69. The SMILES string of the molecule is COc1ccc(Cn2c(=O)n([C@@H]3CCC[C@H]3O)c3ccc(C(F)(F)F)cc32)cc1OC. The molecule has 0 bridgehead atoms. The third-order valence-corrected chi connectivity index (χ3v) is 5.85. The van der Waals surface area contributed by atoms with Gasteiger partial charge in [0, 0.05) is 0 Å². The Morgan fingerprint density at radius 2 is 1.77 bits per heavy atom. The van der Waals surface area contributed by atoms with Gasteiger partial charge in [0.1, 0.15) is 0 Å². The van der Waals surface area contributed by atoms with Crippen molar-refractivity contribution in [3.8, 4) is 11.5 Å². The maximum absolute atomic E-state index is 13.4. The van der Waals surface area contributed by atoms with E-state index >= 15 is 0 Å². The number of alkyl halides is 3. The van der Waals surface area contributed by atoms with E-state index in [0.717, 1.165) is 18.6 Å². The third kappa shape index (κ3) is 3.78. The molecule has 0 unspecified atom stereocenters. The molecule has 1 aliphatic rings. The molecule has 0 amide bonds. The van der Waals surface area contributed by atoms with E-state index in [-0.39, 0.29) is 12.1 Å². The van der Waals surface area contributed by atoms with Crippen LogP contribution in [0.3, 0.4) is 0 Å². The van der Waals surface area contributed by atoms with Crippen molar-refractivity contribution in [2.24, 2.45) is 0 Å². The van der Waals surface area contributed by atoms with E-state index in [9.17, 15) is 23.1 Å². The van der Waals surface area contributed by atoms with Gasteiger partial charge in [0.25, 0.3) is 0 Å². The predicted molar refractivity (Wildman–Crippen MR) is 109 cm³/mol. The van der Waals surface area contributed by atoms with Gasteiger partial charge >= 0.3 is 11.9 Å². The second kappa shape index (κ2) is 7.96. The zero-order valence-corrected chi connectivity index (χ0v) is 17.1. The summed E-state index contributed by atoms with van der Waals surface area (Å²) in [6, 6.07) is 7.92. The lowest BCUT2D eigenvalue weighted by Gasteiger charge is -2.16. The van der Waals surface area contributed by atoms with Gasteiger partial charge < -0.3 is 14.6 Å². The van der Waals surface area contributed by atoms with Crippen LogP contribution in [0.5, 0.6) is 11.5 Å². The minimum absolute atomic E-state index is 0.0484. The fourth-order valence-electron chi connectivity index (χ4n) is 4.31. The molecule has 1 saturated carbocycles. The number of hydrogen-bond donors (Lipinski definition) is 1. The van der Waals surface area contributed by atoms with E-state index in [0.29, 0.717) is 35.4 Å². The van der Waals surface area contributed by atoms with Crippen molar-refractivity contribution in [3.63, 3.8) is 0 Å². The maximum Gasteiger partial charge on any atom is 0.416 e. The Balaban J connectivity index is 1.89. The molecule has 4 rings (SSSR count). The van der Waals surface area contributed by atoms with E-state index in [2.05, 4.69) is 0 Å². The lowest BCUT2D eigenvalue weighted by Crippen LogP contribution is -2.31. The fraction of sp³-hybridized carbons (Fsp3) is 0.409. The van der Waals surface area contributed by atoms with Crippen molar-refractivity contribution < 1.29 is 27.8 Å². The maximum atomic E-state index is 13.4. The monoisotopic (exact) mass is 436 g/mol. The van der Waals surface area contributed by atoms with Gasteiger partial charge in [-0.3, -0.25) is 9.13 Å². The van der Waals surface area contributed by atoms with Crippen LogP contribution in [0.4, 0.5) is 13.2 Å². The molecule has 0 spiro atoms. The third-order valence-electron chi connectivity index (χ3n) is 5.85. The number of hydrogen-bond acceptors (Lipinski definition) is 4. The first-order valence-corrected chi connectivity index (χ1v) is 9.95. The van der Waals surface area contributed by atoms with Gasteiger partial charge in [-0.05, 0) is 55.2 Å². The van der Waals surface area contributed by atoms with Crippen LogP contribution in [0.15, 0.2) is 41.2 Å². The number of imidazole rings is 1. The average Bonchev–Trinajstić information content (AvgIpc) is 3.27. The number of halogens is 3. The molecule has 166 valence electrons. The van der Waals surface area contributed by atoms with Crippen LogP contribution in [0.25, 0.3) is 11.0 Å². The van der Waals surface area contributed by atoms with Gasteiger partial charge in [-0.2, -0.15) is 13.2 Å². The topological polar surface area (TPSA) is 65.6 Å². The highest BCUT2D eigenvalue weighted by molar-refractivity contribution is 5.77. The highest BCUT2D eigenvalue weighted by Gasteiger charge is 2.34. The summed E-state index contributed by atoms with van der Waals surface area (Å²) in [6.45, 7) is 0.0484. The Labute approximate surface area is 176 Å². The average molecular weight is 436 g/mol. The molecule has 0 saturated heterocycles. The van der Waals surface area contributed by atoms with Gasteiger partial charge in [-0.25, -0.2) is 4.79 Å². The number of ether oxygens (including phenoxy) is 2. The zero-order valence-electron chi connectivity index (χ0n) is 17.1. The zero-order chi connectivity index (χ0) is 22.3. The van der Waals surface area contributed by atoms with Crippen molar-refractivity contribution in [1.82, 2.24) is 9.13 Å². The molecule has 0 radical (unpaired) electrons. The normalized spacial score (nSPS) is 19.2. The van der Waals surface area contributed by atoms with E-state index < -0.39 is 29.6 Å². The van der Waals surface area contributed by atoms with Crippen LogP contribution in [-0.2, 0) is 12.7 Å². The standard InChI is InChI=1S/C22H23F3N2O4/c1-30-19-9-6-13(10-20(19)31-2)12-26-17-11-14(22(23,24)25)7-8-15(17)27(21(26)29)16-4-3-5-18(16)28/h6-11,16,18,28H,3-5,12H2,1-2H3/t16-,18-/m1/s1. The van der Waals surface area contributed by atoms with E-state index in [1.807, 2.05) is 0 Å². The van der Waals surface area contributed by atoms with Crippen molar-refractivity contribution in [2.75, 3.05) is 14.2 Å². The number of methoxy groups -OCH3 is 2. The Bertz CT molecular complexity index is 1170. The van der Waals surface area contributed by atoms with Gasteiger partial charge in [-0.15, -0.1) is 0 Å².